The molecule has 0 aliphatic rings. The Labute approximate surface area is 90.1 Å². The van der Waals surface area contributed by atoms with Crippen LogP contribution in [0.3, 0.4) is 0 Å². The van der Waals surface area contributed by atoms with Crippen molar-refractivity contribution in [1.29, 1.82) is 0 Å². The highest BCUT2D eigenvalue weighted by Crippen LogP contribution is 2.15. The maximum atomic E-state index is 13.6. The molecule has 0 amide bonds. The molecule has 2 aromatic heterocycles. The van der Waals surface area contributed by atoms with E-state index < -0.39 is 5.82 Å². The number of aryl methyl sites for hydroxylation is 1. The fraction of sp³-hybridized carbons (Fsp3) is 0.182. The highest BCUT2D eigenvalue weighted by molar-refractivity contribution is 5.84. The lowest BCUT2D eigenvalue weighted by molar-refractivity contribution is 0.111. The Bertz CT molecular complexity index is 619. The molecule has 2 rings (SSSR count). The van der Waals surface area contributed by atoms with Crippen molar-refractivity contribution in [2.24, 2.45) is 0 Å². The zero-order valence-corrected chi connectivity index (χ0v) is 8.58. The second kappa shape index (κ2) is 3.84. The predicted octanol–water partition coefficient (Wildman–Crippen LogP) is 1.44. The normalized spacial score (nSPS) is 10.6. The van der Waals surface area contributed by atoms with Gasteiger partial charge in [-0.05, 0) is 12.5 Å². The van der Waals surface area contributed by atoms with Gasteiger partial charge in [-0.3, -0.25) is 9.59 Å². The van der Waals surface area contributed by atoms with Gasteiger partial charge in [-0.15, -0.1) is 0 Å². The number of aldehydes is 1. The van der Waals surface area contributed by atoms with Gasteiger partial charge in [0, 0.05) is 17.1 Å². The molecule has 0 aliphatic carbocycles. The third kappa shape index (κ3) is 1.50. The molecule has 2 aromatic rings. The van der Waals surface area contributed by atoms with Gasteiger partial charge in [-0.2, -0.15) is 0 Å². The smallest absolute Gasteiger partial charge is 0.251 e. The van der Waals surface area contributed by atoms with Gasteiger partial charge in [-0.25, -0.2) is 9.37 Å². The van der Waals surface area contributed by atoms with Gasteiger partial charge < -0.3 is 4.98 Å². The van der Waals surface area contributed by atoms with E-state index in [0.717, 1.165) is 0 Å². The lowest BCUT2D eigenvalue weighted by atomic mass is 10.1. The summed E-state index contributed by atoms with van der Waals surface area (Å²) in [4.78, 5) is 28.1. The molecular weight excluding hydrogens is 211 g/mol. The van der Waals surface area contributed by atoms with Gasteiger partial charge in [-0.1, -0.05) is 6.92 Å². The number of hydrogen-bond donors (Lipinski definition) is 1. The highest BCUT2D eigenvalue weighted by Gasteiger charge is 2.10. The quantitative estimate of drug-likeness (QED) is 0.779. The van der Waals surface area contributed by atoms with Crippen LogP contribution in [0.1, 0.15) is 23.0 Å². The number of pyridine rings is 2. The minimum atomic E-state index is -0.785. The molecule has 1 N–H and O–H groups in total. The average Bonchev–Trinajstić information content (AvgIpc) is 2.30. The summed E-state index contributed by atoms with van der Waals surface area (Å²) in [5.74, 6) is -0.785. The summed E-state index contributed by atoms with van der Waals surface area (Å²) in [5.41, 5.74) is -0.0452. The van der Waals surface area contributed by atoms with Crippen LogP contribution in [-0.4, -0.2) is 16.3 Å². The van der Waals surface area contributed by atoms with Gasteiger partial charge in [0.05, 0.1) is 5.52 Å². The van der Waals surface area contributed by atoms with E-state index in [2.05, 4.69) is 9.97 Å². The van der Waals surface area contributed by atoms with E-state index in [-0.39, 0.29) is 16.8 Å². The first-order valence-electron chi connectivity index (χ1n) is 4.83. The summed E-state index contributed by atoms with van der Waals surface area (Å²) in [6, 6.07) is 1.58. The number of halogens is 1. The molecule has 2 heterocycles. The standard InChI is InChI=1S/C11H9FN2O2/c1-2-6-3-7-4-13-8(5-15)9(12)10(7)14-11(6)16/h3-5H,2H2,1H3,(H,14,16). The van der Waals surface area contributed by atoms with Crippen molar-refractivity contribution in [2.75, 3.05) is 0 Å². The van der Waals surface area contributed by atoms with Crippen LogP contribution in [0.15, 0.2) is 17.1 Å². The summed E-state index contributed by atoms with van der Waals surface area (Å²) in [6.07, 6.45) is 2.25. The van der Waals surface area contributed by atoms with Crippen molar-refractivity contribution in [3.8, 4) is 0 Å². The van der Waals surface area contributed by atoms with Crippen molar-refractivity contribution in [1.82, 2.24) is 9.97 Å². The number of fused-ring (bicyclic) bond motifs is 1. The van der Waals surface area contributed by atoms with Crippen LogP contribution >= 0.6 is 0 Å². The minimum Gasteiger partial charge on any atom is -0.319 e. The molecule has 0 atom stereocenters. The first-order chi connectivity index (χ1) is 7.67. The Morgan fingerprint density at radius 3 is 2.94 bits per heavy atom. The predicted molar refractivity (Wildman–Crippen MR) is 57.1 cm³/mol. The Hall–Kier alpha value is -2.04. The number of nitrogens with zero attached hydrogens (tertiary/aromatic N) is 1. The maximum absolute atomic E-state index is 13.6. The average molecular weight is 220 g/mol. The number of H-pyrrole nitrogens is 1. The fourth-order valence-corrected chi connectivity index (χ4v) is 1.54. The fourth-order valence-electron chi connectivity index (χ4n) is 1.54. The maximum Gasteiger partial charge on any atom is 0.251 e. The van der Waals surface area contributed by atoms with Crippen molar-refractivity contribution < 1.29 is 9.18 Å². The SMILES string of the molecule is CCc1cc2cnc(C=O)c(F)c2[nH]c1=O. The minimum absolute atomic E-state index is 0.0271. The third-order valence-corrected chi connectivity index (χ3v) is 2.43. The number of hydrogen-bond acceptors (Lipinski definition) is 3. The zero-order chi connectivity index (χ0) is 11.7. The number of carbonyl (C=O) groups is 1. The van der Waals surface area contributed by atoms with E-state index >= 15 is 0 Å². The van der Waals surface area contributed by atoms with Crippen LogP contribution in [0.5, 0.6) is 0 Å². The molecule has 0 aromatic carbocycles. The van der Waals surface area contributed by atoms with Crippen LogP contribution < -0.4 is 5.56 Å². The third-order valence-electron chi connectivity index (χ3n) is 2.43. The topological polar surface area (TPSA) is 62.8 Å². The van der Waals surface area contributed by atoms with Crippen molar-refractivity contribution in [2.45, 2.75) is 13.3 Å². The highest BCUT2D eigenvalue weighted by atomic mass is 19.1. The first-order valence-corrected chi connectivity index (χ1v) is 4.83. The van der Waals surface area contributed by atoms with E-state index in [1.165, 1.54) is 6.20 Å². The molecule has 0 fully saturated rings. The molecule has 0 bridgehead atoms. The molecule has 0 unspecified atom stereocenters. The number of nitrogens with one attached hydrogen (secondary N) is 1. The summed E-state index contributed by atoms with van der Waals surface area (Å²) >= 11 is 0. The molecule has 16 heavy (non-hydrogen) atoms. The van der Waals surface area contributed by atoms with Crippen LogP contribution in [0.25, 0.3) is 10.9 Å². The van der Waals surface area contributed by atoms with Gasteiger partial charge in [0.2, 0.25) is 0 Å². The molecule has 5 heteroatoms. The lowest BCUT2D eigenvalue weighted by Gasteiger charge is -2.02. The van der Waals surface area contributed by atoms with Crippen LogP contribution in [0, 0.1) is 5.82 Å². The number of rotatable bonds is 2. The summed E-state index contributed by atoms with van der Waals surface area (Å²) in [6.45, 7) is 1.83. The Morgan fingerprint density at radius 1 is 1.56 bits per heavy atom. The summed E-state index contributed by atoms with van der Waals surface area (Å²) in [5, 5.41) is 0.486. The summed E-state index contributed by atoms with van der Waals surface area (Å²) < 4.78 is 13.6. The molecule has 0 radical (unpaired) electrons. The van der Waals surface area contributed by atoms with Crippen LogP contribution in [0.2, 0.25) is 0 Å². The molecular formula is C11H9FN2O2. The van der Waals surface area contributed by atoms with Crippen molar-refractivity contribution >= 4 is 17.2 Å². The molecule has 0 aliphatic heterocycles. The molecule has 4 nitrogen and oxygen atoms in total. The molecule has 0 saturated heterocycles. The molecule has 0 saturated carbocycles. The Kier molecular flexibility index (Phi) is 2.52. The van der Waals surface area contributed by atoms with Gasteiger partial charge in [0.25, 0.3) is 5.56 Å². The van der Waals surface area contributed by atoms with Gasteiger partial charge in [0.1, 0.15) is 5.69 Å². The van der Waals surface area contributed by atoms with E-state index in [4.69, 9.17) is 0 Å². The number of carbonyl (C=O) groups excluding carboxylic acids is 1. The largest absolute Gasteiger partial charge is 0.319 e. The van der Waals surface area contributed by atoms with Crippen LogP contribution in [-0.2, 0) is 6.42 Å². The zero-order valence-electron chi connectivity index (χ0n) is 8.58. The second-order valence-corrected chi connectivity index (χ2v) is 3.38. The Balaban J connectivity index is 2.86. The molecule has 82 valence electrons. The molecule has 0 spiro atoms. The number of aromatic amines is 1. The number of aromatic nitrogens is 2. The monoisotopic (exact) mass is 220 g/mol. The van der Waals surface area contributed by atoms with Gasteiger partial charge >= 0.3 is 0 Å². The van der Waals surface area contributed by atoms with Crippen molar-refractivity contribution in [3.63, 3.8) is 0 Å². The van der Waals surface area contributed by atoms with Gasteiger partial charge in [0.15, 0.2) is 12.1 Å². The second-order valence-electron chi connectivity index (χ2n) is 3.38. The van der Waals surface area contributed by atoms with E-state index in [9.17, 15) is 14.0 Å². The van der Waals surface area contributed by atoms with Crippen LogP contribution in [0.4, 0.5) is 4.39 Å². The van der Waals surface area contributed by atoms with Crippen molar-refractivity contribution in [3.05, 3.63) is 39.7 Å². The van der Waals surface area contributed by atoms with E-state index in [1.54, 1.807) is 6.07 Å². The van der Waals surface area contributed by atoms with E-state index in [1.807, 2.05) is 6.92 Å². The van der Waals surface area contributed by atoms with E-state index in [0.29, 0.717) is 23.7 Å². The Morgan fingerprint density at radius 2 is 2.31 bits per heavy atom. The summed E-state index contributed by atoms with van der Waals surface area (Å²) in [7, 11) is 0. The first kappa shape index (κ1) is 10.5. The lowest BCUT2D eigenvalue weighted by Crippen LogP contribution is -2.12.